The normalized spacial score (nSPS) is 16.4. The Morgan fingerprint density at radius 1 is 0.771 bits per heavy atom. The van der Waals surface area contributed by atoms with Crippen molar-refractivity contribution < 1.29 is 32.6 Å². The molecule has 0 aliphatic carbocycles. The summed E-state index contributed by atoms with van der Waals surface area (Å²) in [5, 5.41) is 0.142. The number of hydrogen-bond donors (Lipinski definition) is 0. The molecule has 2 heterocycles. The lowest BCUT2D eigenvalue weighted by Gasteiger charge is -2.37. The van der Waals surface area contributed by atoms with Gasteiger partial charge >= 0.3 is 5.97 Å². The van der Waals surface area contributed by atoms with Crippen LogP contribution in [0.3, 0.4) is 0 Å². The van der Waals surface area contributed by atoms with Gasteiger partial charge in [-0.25, -0.2) is 0 Å². The second-order valence-electron chi connectivity index (χ2n) is 15.8. The van der Waals surface area contributed by atoms with Gasteiger partial charge in [0, 0.05) is 35.3 Å². The minimum atomic E-state index is -2.06. The molecule has 0 spiro atoms. The van der Waals surface area contributed by atoms with Crippen LogP contribution in [-0.2, 0) is 9.53 Å². The van der Waals surface area contributed by atoms with Crippen molar-refractivity contribution in [3.8, 4) is 28.7 Å². The van der Waals surface area contributed by atoms with Crippen molar-refractivity contribution in [2.24, 2.45) is 0 Å². The van der Waals surface area contributed by atoms with Gasteiger partial charge in [-0.15, -0.1) is 0 Å². The molecule has 0 radical (unpaired) electrons. The molecule has 3 aromatic carbocycles. The predicted molar refractivity (Wildman–Crippen MR) is 197 cm³/mol. The van der Waals surface area contributed by atoms with Crippen molar-refractivity contribution in [1.29, 1.82) is 0 Å². The lowest BCUT2D eigenvalue weighted by atomic mass is 9.84. The van der Waals surface area contributed by atoms with Crippen molar-refractivity contribution in [1.82, 2.24) is 0 Å². The third-order valence-corrected chi connectivity index (χ3v) is 19.0. The molecule has 7 nitrogen and oxygen atoms in total. The Hall–Kier alpha value is -3.70. The summed E-state index contributed by atoms with van der Waals surface area (Å²) in [4.78, 5) is 11.6. The Morgan fingerprint density at radius 2 is 1.31 bits per heavy atom. The highest BCUT2D eigenvalue weighted by atomic mass is 28.4. The number of ether oxygens (including phenoxy) is 4. The van der Waals surface area contributed by atoms with Crippen LogP contribution in [0.15, 0.2) is 60.7 Å². The maximum Gasteiger partial charge on any atom is 0.308 e. The smallest absolute Gasteiger partial charge is 0.308 e. The van der Waals surface area contributed by atoms with Gasteiger partial charge in [-0.3, -0.25) is 4.79 Å². The van der Waals surface area contributed by atoms with Gasteiger partial charge in [-0.2, -0.15) is 0 Å². The van der Waals surface area contributed by atoms with E-state index in [0.717, 1.165) is 51.7 Å². The number of carbonyl (C=O) groups excluding carboxylic acids is 1. The minimum absolute atomic E-state index is 0.0676. The largest absolute Gasteiger partial charge is 0.543 e. The van der Waals surface area contributed by atoms with Crippen LogP contribution >= 0.6 is 0 Å². The SMILES string of the molecule is COC(=O)CCOc1ccc(C2Oc3cc(O[Si](C)(C)C(C)(C)C)ccc3C3=C2c2ccc(O[Si](C)(C)C(C)(C)C)cc2OCC3)cc1. The van der Waals surface area contributed by atoms with Gasteiger partial charge in [0.15, 0.2) is 0 Å². The van der Waals surface area contributed by atoms with Crippen molar-refractivity contribution in [3.05, 3.63) is 77.4 Å². The first-order valence-electron chi connectivity index (χ1n) is 16.9. The van der Waals surface area contributed by atoms with Gasteiger partial charge in [0.1, 0.15) is 34.9 Å². The average molecular weight is 689 g/mol. The monoisotopic (exact) mass is 688 g/mol. The number of esters is 1. The molecular formula is C39H52O7Si2. The fourth-order valence-electron chi connectivity index (χ4n) is 5.37. The van der Waals surface area contributed by atoms with E-state index < -0.39 is 22.7 Å². The zero-order chi connectivity index (χ0) is 35.1. The fraction of sp³-hybridized carbons (Fsp3) is 0.462. The highest BCUT2D eigenvalue weighted by Gasteiger charge is 2.41. The Bertz CT molecular complexity index is 1680. The van der Waals surface area contributed by atoms with E-state index in [2.05, 4.69) is 98.1 Å². The summed E-state index contributed by atoms with van der Waals surface area (Å²) < 4.78 is 37.4. The molecule has 1 unspecified atom stereocenters. The zero-order valence-corrected chi connectivity index (χ0v) is 32.5. The molecule has 9 heteroatoms. The second kappa shape index (κ2) is 13.3. The van der Waals surface area contributed by atoms with Crippen LogP contribution in [0.25, 0.3) is 11.1 Å². The van der Waals surface area contributed by atoms with E-state index in [1.165, 1.54) is 12.7 Å². The average Bonchev–Trinajstić information content (AvgIpc) is 3.19. The van der Waals surface area contributed by atoms with E-state index in [0.29, 0.717) is 12.4 Å². The van der Waals surface area contributed by atoms with Gasteiger partial charge in [0.25, 0.3) is 0 Å². The standard InChI is InChI=1S/C39H52O7Si2/c1-38(2,3)47(8,9)45-28-17-19-32-33(24-28)43-22-20-31-30-18-16-29(46-48(10,11)39(4,5)6)25-34(30)44-37(36(31)32)26-12-14-27(15-13-26)42-23-21-35(40)41-7/h12-19,24-25,37H,20-23H2,1-11H3. The van der Waals surface area contributed by atoms with Gasteiger partial charge in [0.2, 0.25) is 16.6 Å². The molecule has 0 amide bonds. The maximum atomic E-state index is 11.6. The second-order valence-corrected chi connectivity index (χ2v) is 25.2. The van der Waals surface area contributed by atoms with Crippen LogP contribution in [0, 0.1) is 0 Å². The molecule has 0 fully saturated rings. The number of benzene rings is 3. The van der Waals surface area contributed by atoms with Crippen molar-refractivity contribution >= 4 is 33.8 Å². The summed E-state index contributed by atoms with van der Waals surface area (Å²) in [6.45, 7) is 23.3. The van der Waals surface area contributed by atoms with Crippen LogP contribution in [0.2, 0.25) is 36.3 Å². The third-order valence-electron chi connectivity index (χ3n) is 10.3. The summed E-state index contributed by atoms with van der Waals surface area (Å²) in [6, 6.07) is 20.4. The van der Waals surface area contributed by atoms with Crippen LogP contribution < -0.4 is 23.1 Å². The highest BCUT2D eigenvalue weighted by molar-refractivity contribution is 6.75. The Kier molecular flexibility index (Phi) is 9.87. The Balaban J connectivity index is 1.57. The van der Waals surface area contributed by atoms with Crippen molar-refractivity contribution in [2.75, 3.05) is 20.3 Å². The summed E-state index contributed by atoms with van der Waals surface area (Å²) >= 11 is 0. The first-order valence-corrected chi connectivity index (χ1v) is 22.7. The van der Waals surface area contributed by atoms with Gasteiger partial charge in [-0.1, -0.05) is 53.7 Å². The summed E-state index contributed by atoms with van der Waals surface area (Å²) in [5.41, 5.74) is 5.34. The molecule has 0 aromatic heterocycles. The molecule has 258 valence electrons. The lowest BCUT2D eigenvalue weighted by molar-refractivity contribution is -0.141. The number of rotatable bonds is 9. The van der Waals surface area contributed by atoms with Crippen molar-refractivity contribution in [3.63, 3.8) is 0 Å². The lowest BCUT2D eigenvalue weighted by Crippen LogP contribution is -2.43. The highest BCUT2D eigenvalue weighted by Crippen LogP contribution is 2.53. The van der Waals surface area contributed by atoms with Gasteiger partial charge < -0.3 is 27.8 Å². The molecule has 2 aliphatic heterocycles. The molecule has 0 N–H and O–H groups in total. The topological polar surface area (TPSA) is 72.5 Å². The summed E-state index contributed by atoms with van der Waals surface area (Å²) in [7, 11) is -2.73. The maximum absolute atomic E-state index is 11.6. The molecule has 2 aliphatic rings. The third kappa shape index (κ3) is 7.47. The van der Waals surface area contributed by atoms with Crippen LogP contribution in [0.5, 0.6) is 28.7 Å². The van der Waals surface area contributed by atoms with Gasteiger partial charge in [-0.05, 0) is 83.8 Å². The fourth-order valence-corrected chi connectivity index (χ4v) is 7.41. The van der Waals surface area contributed by atoms with E-state index in [1.807, 2.05) is 30.3 Å². The molecule has 48 heavy (non-hydrogen) atoms. The minimum Gasteiger partial charge on any atom is -0.543 e. The molecule has 0 saturated heterocycles. The quantitative estimate of drug-likeness (QED) is 0.164. The summed E-state index contributed by atoms with van der Waals surface area (Å²) in [5.74, 6) is 3.64. The van der Waals surface area contributed by atoms with Gasteiger partial charge in [0.05, 0.1) is 26.7 Å². The Morgan fingerprint density at radius 3 is 1.88 bits per heavy atom. The molecule has 5 rings (SSSR count). The van der Waals surface area contributed by atoms with Crippen LogP contribution in [0.1, 0.15) is 77.2 Å². The van der Waals surface area contributed by atoms with Crippen LogP contribution in [0.4, 0.5) is 0 Å². The molecule has 0 bridgehead atoms. The molecule has 1 atom stereocenters. The Labute approximate surface area is 288 Å². The number of carbonyl (C=O) groups is 1. The number of fused-ring (bicyclic) bond motifs is 4. The predicted octanol–water partition coefficient (Wildman–Crippen LogP) is 10.2. The molecular weight excluding hydrogens is 637 g/mol. The number of methoxy groups -OCH3 is 1. The first-order chi connectivity index (χ1) is 22.4. The molecule has 3 aromatic rings. The zero-order valence-electron chi connectivity index (χ0n) is 30.5. The van der Waals surface area contributed by atoms with E-state index in [-0.39, 0.29) is 29.1 Å². The van der Waals surface area contributed by atoms with Crippen molar-refractivity contribution in [2.45, 2.75) is 96.8 Å². The van der Waals surface area contributed by atoms with E-state index in [4.69, 9.17) is 27.8 Å². The molecule has 0 saturated carbocycles. The van der Waals surface area contributed by atoms with E-state index in [9.17, 15) is 4.79 Å². The van der Waals surface area contributed by atoms with Crippen LogP contribution in [-0.4, -0.2) is 42.9 Å². The first kappa shape index (κ1) is 35.6. The van der Waals surface area contributed by atoms with E-state index >= 15 is 0 Å². The summed E-state index contributed by atoms with van der Waals surface area (Å²) in [6.07, 6.45) is 0.521. The number of hydrogen-bond acceptors (Lipinski definition) is 7. The van der Waals surface area contributed by atoms with E-state index in [1.54, 1.807) is 0 Å².